The van der Waals surface area contributed by atoms with Crippen molar-refractivity contribution in [2.24, 2.45) is 50.2 Å². The maximum atomic E-state index is 14.7. The van der Waals surface area contributed by atoms with Crippen LogP contribution in [0, 0.1) is 50.2 Å². The molecule has 8 rings (SSSR count). The fourth-order valence-corrected chi connectivity index (χ4v) is 15.1. The van der Waals surface area contributed by atoms with Crippen molar-refractivity contribution in [1.29, 1.82) is 0 Å². The molecule has 0 spiro atoms. The molecule has 5 aliphatic carbocycles. The Morgan fingerprint density at radius 2 is 1.24 bits per heavy atom. The number of hydrogen-bond donors (Lipinski definition) is 10. The van der Waals surface area contributed by atoms with Crippen molar-refractivity contribution in [1.82, 2.24) is 0 Å². The van der Waals surface area contributed by atoms with E-state index in [1.54, 1.807) is 0 Å². The molecule has 0 aromatic carbocycles. The van der Waals surface area contributed by atoms with Gasteiger partial charge in [-0.05, 0) is 109 Å². The third kappa shape index (κ3) is 8.13. The highest BCUT2D eigenvalue weighted by molar-refractivity contribution is 5.79. The summed E-state index contributed by atoms with van der Waals surface area (Å²) >= 11 is 0. The lowest BCUT2D eigenvalue weighted by atomic mass is 9.33. The number of allylic oxidation sites excluding steroid dienone is 2. The van der Waals surface area contributed by atoms with Crippen LogP contribution < -0.4 is 0 Å². The van der Waals surface area contributed by atoms with Crippen LogP contribution in [0.4, 0.5) is 0 Å². The molecule has 19 heteroatoms. The first-order valence-corrected chi connectivity index (χ1v) is 24.7. The molecule has 3 heterocycles. The van der Waals surface area contributed by atoms with Crippen LogP contribution in [-0.4, -0.2) is 182 Å². The summed E-state index contributed by atoms with van der Waals surface area (Å²) in [5.74, 6) is -1.27. The van der Waals surface area contributed by atoms with Crippen LogP contribution in [0.3, 0.4) is 0 Å². The highest BCUT2D eigenvalue weighted by Crippen LogP contribution is 2.76. The quantitative estimate of drug-likeness (QED) is 0.0846. The summed E-state index contributed by atoms with van der Waals surface area (Å²) in [7, 11) is 1.11. The Labute approximate surface area is 398 Å². The van der Waals surface area contributed by atoms with Crippen LogP contribution >= 0.6 is 0 Å². The average molecular weight is 971 g/mol. The van der Waals surface area contributed by atoms with E-state index in [1.165, 1.54) is 5.57 Å². The van der Waals surface area contributed by atoms with Crippen molar-refractivity contribution >= 4 is 11.9 Å². The molecule has 0 unspecified atom stereocenters. The monoisotopic (exact) mass is 971 g/mol. The summed E-state index contributed by atoms with van der Waals surface area (Å²) in [6.45, 7) is 14.6. The second-order valence-electron chi connectivity index (χ2n) is 23.7. The molecule has 23 atom stereocenters. The van der Waals surface area contributed by atoms with E-state index in [-0.39, 0.29) is 39.4 Å². The molecule has 388 valence electrons. The fourth-order valence-electron chi connectivity index (χ4n) is 15.1. The summed E-state index contributed by atoms with van der Waals surface area (Å²) in [5.41, 5.74) is -0.878. The smallest absolute Gasteiger partial charge is 0.337 e. The first kappa shape index (κ1) is 52.4. The van der Waals surface area contributed by atoms with Crippen LogP contribution in [0.1, 0.15) is 113 Å². The molecule has 0 radical (unpaired) electrons. The van der Waals surface area contributed by atoms with Crippen molar-refractivity contribution < 1.29 is 93.8 Å². The topological polar surface area (TPSA) is 301 Å². The lowest BCUT2D eigenvalue weighted by Crippen LogP contribution is -2.67. The van der Waals surface area contributed by atoms with E-state index in [0.29, 0.717) is 19.3 Å². The van der Waals surface area contributed by atoms with Gasteiger partial charge in [-0.2, -0.15) is 0 Å². The Balaban J connectivity index is 1.03. The predicted molar refractivity (Wildman–Crippen MR) is 235 cm³/mol. The minimum atomic E-state index is -1.85. The number of aliphatic hydroxyl groups excluding tert-OH is 10. The normalized spacial score (nSPS) is 52.0. The zero-order chi connectivity index (χ0) is 49.8. The molecule has 0 aromatic rings. The number of esters is 2. The maximum Gasteiger partial charge on any atom is 0.337 e. The Hall–Kier alpha value is -1.92. The minimum Gasteiger partial charge on any atom is -0.467 e. The molecule has 3 aliphatic heterocycles. The van der Waals surface area contributed by atoms with Gasteiger partial charge in [-0.25, -0.2) is 4.79 Å². The Morgan fingerprint density at radius 1 is 0.647 bits per heavy atom. The number of fused-ring (bicyclic) bond motifs is 7. The van der Waals surface area contributed by atoms with Crippen LogP contribution in [0.2, 0.25) is 0 Å². The van der Waals surface area contributed by atoms with Crippen molar-refractivity contribution in [2.45, 2.75) is 211 Å². The Kier molecular flexibility index (Phi) is 14.3. The van der Waals surface area contributed by atoms with Gasteiger partial charge in [-0.3, -0.25) is 4.79 Å². The molecule has 4 saturated carbocycles. The third-order valence-electron chi connectivity index (χ3n) is 19.5. The van der Waals surface area contributed by atoms with E-state index in [1.807, 2.05) is 0 Å². The SMILES string of the molecule is COC(=O)[C@H]1O[C@@H](O[C@H]2CC[C@]3(C)[C@H]4CC=C5[C@@H]6CC(C)(C)CC[C@]6(C(=O)O[C@@H]6O[C@H](CO)[C@@H](O)[C@H](O)[C@H]6O)CC[C@@]5(C)[C@]4(C)CC[C@H]3C2(C)C)[C@H](O)[C@@H](O[C@@H]2O[C@H](CO)[C@@H](O)[C@H](O)[C@H]2O)[C@@H]1O. The lowest BCUT2D eigenvalue weighted by molar-refractivity contribution is -0.365. The number of hydrogen-bond acceptors (Lipinski definition) is 19. The Morgan fingerprint density at radius 3 is 1.85 bits per heavy atom. The van der Waals surface area contributed by atoms with Crippen molar-refractivity contribution in [3.05, 3.63) is 11.6 Å². The van der Waals surface area contributed by atoms with Gasteiger partial charge in [-0.15, -0.1) is 0 Å². The van der Waals surface area contributed by atoms with Gasteiger partial charge < -0.3 is 84.2 Å². The second-order valence-corrected chi connectivity index (χ2v) is 23.7. The fraction of sp³-hybridized carbons (Fsp3) is 0.918. The molecular weight excluding hydrogens is 893 g/mol. The zero-order valence-corrected chi connectivity index (χ0v) is 40.7. The minimum absolute atomic E-state index is 0.0723. The van der Waals surface area contributed by atoms with Gasteiger partial charge in [0.25, 0.3) is 0 Å². The molecule has 10 N–H and O–H groups in total. The van der Waals surface area contributed by atoms with E-state index in [9.17, 15) is 60.7 Å². The highest BCUT2D eigenvalue weighted by atomic mass is 16.7. The maximum absolute atomic E-state index is 14.7. The highest BCUT2D eigenvalue weighted by Gasteiger charge is 2.70. The predicted octanol–water partition coefficient (Wildman–Crippen LogP) is 0.321. The first-order chi connectivity index (χ1) is 31.8. The van der Waals surface area contributed by atoms with E-state index >= 15 is 0 Å². The summed E-state index contributed by atoms with van der Waals surface area (Å²) in [6, 6.07) is 0. The van der Waals surface area contributed by atoms with Crippen LogP contribution in [0.5, 0.6) is 0 Å². The summed E-state index contributed by atoms with van der Waals surface area (Å²) in [5, 5.41) is 106. The van der Waals surface area contributed by atoms with E-state index in [2.05, 4.69) is 54.5 Å². The van der Waals surface area contributed by atoms with Crippen molar-refractivity contribution in [3.63, 3.8) is 0 Å². The van der Waals surface area contributed by atoms with Crippen molar-refractivity contribution in [2.75, 3.05) is 20.3 Å². The number of rotatable bonds is 9. The van der Waals surface area contributed by atoms with Gasteiger partial charge in [0.05, 0.1) is 31.8 Å². The second kappa shape index (κ2) is 18.5. The van der Waals surface area contributed by atoms with Gasteiger partial charge in [0.1, 0.15) is 67.1 Å². The molecule has 0 aromatic heterocycles. The van der Waals surface area contributed by atoms with E-state index in [4.69, 9.17) is 33.2 Å². The standard InChI is InChI=1S/C49H78O19/c1-44(2)15-17-49(43(61)68-41-34(57)32(55)30(53)25(21-51)64-41)18-16-47(6)22(23(49)19-44)9-10-27-46(5)13-12-28(45(3,4)26(46)11-14-48(27,47)7)65-42-36(59)37(35(58)38(67-42)39(60)62-8)66-40-33(56)31(54)29(52)24(20-50)63-40/h9,23-38,40-42,50-59H,10-21H2,1-8H3/t23-,24+,25+,26-,27+,28-,29+,30+,31-,32-,33+,34+,35-,36+,37-,38-,40-,41-,42+,46-,47+,48+,49-/m0/s1. The molecular formula is C49H78O19. The van der Waals surface area contributed by atoms with Gasteiger partial charge in [0.2, 0.25) is 6.29 Å². The van der Waals surface area contributed by atoms with Gasteiger partial charge in [0.15, 0.2) is 18.7 Å². The van der Waals surface area contributed by atoms with Gasteiger partial charge >= 0.3 is 11.9 Å². The molecule has 8 aliphatic rings. The number of ether oxygens (including phenoxy) is 7. The number of carbonyl (C=O) groups is 2. The van der Waals surface area contributed by atoms with E-state index < -0.39 is 134 Å². The van der Waals surface area contributed by atoms with Crippen LogP contribution in [-0.2, 0) is 42.7 Å². The molecule has 3 saturated heterocycles. The van der Waals surface area contributed by atoms with Gasteiger partial charge in [0, 0.05) is 0 Å². The van der Waals surface area contributed by atoms with Gasteiger partial charge in [-0.1, -0.05) is 60.1 Å². The summed E-state index contributed by atoms with van der Waals surface area (Å²) in [4.78, 5) is 27.7. The zero-order valence-electron chi connectivity index (χ0n) is 40.7. The average Bonchev–Trinajstić information content (AvgIpc) is 3.29. The van der Waals surface area contributed by atoms with E-state index in [0.717, 1.165) is 52.1 Å². The molecule has 7 fully saturated rings. The molecule has 0 amide bonds. The Bertz CT molecular complexity index is 1890. The summed E-state index contributed by atoms with van der Waals surface area (Å²) < 4.78 is 40.6. The molecule has 0 bridgehead atoms. The summed E-state index contributed by atoms with van der Waals surface area (Å²) in [6.07, 6.45) is -15.5. The number of methoxy groups -OCH3 is 1. The third-order valence-corrected chi connectivity index (χ3v) is 19.5. The number of carbonyl (C=O) groups excluding carboxylic acids is 2. The molecule has 68 heavy (non-hydrogen) atoms. The molecule has 19 nitrogen and oxygen atoms in total. The van der Waals surface area contributed by atoms with Crippen LogP contribution in [0.15, 0.2) is 11.6 Å². The largest absolute Gasteiger partial charge is 0.467 e. The van der Waals surface area contributed by atoms with Crippen molar-refractivity contribution in [3.8, 4) is 0 Å². The number of aliphatic hydroxyl groups is 10. The lowest BCUT2D eigenvalue weighted by Gasteiger charge is -2.71. The van der Waals surface area contributed by atoms with Crippen LogP contribution in [0.25, 0.3) is 0 Å². The first-order valence-electron chi connectivity index (χ1n) is 24.7.